The highest BCUT2D eigenvalue weighted by molar-refractivity contribution is 5.87. The number of rotatable bonds is 6. The lowest BCUT2D eigenvalue weighted by molar-refractivity contribution is -0.126. The van der Waals surface area contributed by atoms with Crippen LogP contribution in [0.25, 0.3) is 0 Å². The lowest BCUT2D eigenvalue weighted by atomic mass is 10.2. The highest BCUT2D eigenvalue weighted by atomic mass is 16.2. The molecular formula is C8H17N3O2. The van der Waals surface area contributed by atoms with Crippen LogP contribution in [0.15, 0.2) is 0 Å². The number of carbonyl (C=O) groups is 2. The summed E-state index contributed by atoms with van der Waals surface area (Å²) < 4.78 is 0. The molecular weight excluding hydrogens is 170 g/mol. The smallest absolute Gasteiger partial charge is 0.235 e. The Hall–Kier alpha value is -1.10. The first-order valence-corrected chi connectivity index (χ1v) is 4.35. The molecule has 0 radical (unpaired) electrons. The minimum Gasteiger partial charge on any atom is -0.368 e. The highest BCUT2D eigenvalue weighted by Crippen LogP contribution is 1.90. The molecule has 0 aromatic carbocycles. The van der Waals surface area contributed by atoms with Crippen LogP contribution in [-0.2, 0) is 9.59 Å². The fourth-order valence-corrected chi connectivity index (χ4v) is 0.867. The van der Waals surface area contributed by atoms with Crippen LogP contribution in [0.2, 0.25) is 0 Å². The molecule has 0 spiro atoms. The van der Waals surface area contributed by atoms with Gasteiger partial charge in [-0.15, -0.1) is 0 Å². The van der Waals surface area contributed by atoms with Crippen molar-refractivity contribution in [3.63, 3.8) is 0 Å². The summed E-state index contributed by atoms with van der Waals surface area (Å²) in [6.45, 7) is 2.60. The molecule has 0 aromatic rings. The largest absolute Gasteiger partial charge is 0.368 e. The molecule has 1 unspecified atom stereocenters. The zero-order valence-electron chi connectivity index (χ0n) is 8.09. The summed E-state index contributed by atoms with van der Waals surface area (Å²) >= 11 is 0. The molecule has 0 aromatic heterocycles. The third-order valence-electron chi connectivity index (χ3n) is 1.65. The molecule has 0 fully saturated rings. The fraction of sp³-hybridized carbons (Fsp3) is 0.750. The van der Waals surface area contributed by atoms with Gasteiger partial charge in [0.1, 0.15) is 0 Å². The van der Waals surface area contributed by atoms with E-state index in [1.54, 1.807) is 7.05 Å². The molecule has 1 atom stereocenters. The van der Waals surface area contributed by atoms with Crippen molar-refractivity contribution in [1.29, 1.82) is 0 Å². The van der Waals surface area contributed by atoms with E-state index in [2.05, 4.69) is 10.6 Å². The van der Waals surface area contributed by atoms with Crippen LogP contribution in [-0.4, -0.2) is 31.4 Å². The van der Waals surface area contributed by atoms with Gasteiger partial charge in [-0.25, -0.2) is 0 Å². The molecule has 0 aliphatic carbocycles. The third-order valence-corrected chi connectivity index (χ3v) is 1.65. The molecule has 0 aliphatic rings. The molecule has 0 aliphatic heterocycles. The number of amides is 2. The van der Waals surface area contributed by atoms with Crippen molar-refractivity contribution in [3.05, 3.63) is 0 Å². The lowest BCUT2D eigenvalue weighted by Crippen LogP contribution is -2.43. The topological polar surface area (TPSA) is 84.2 Å². The first-order valence-electron chi connectivity index (χ1n) is 4.35. The molecule has 13 heavy (non-hydrogen) atoms. The highest BCUT2D eigenvalue weighted by Gasteiger charge is 2.16. The predicted molar refractivity (Wildman–Crippen MR) is 50.0 cm³/mol. The Bertz CT molecular complexity index is 182. The summed E-state index contributed by atoms with van der Waals surface area (Å²) in [4.78, 5) is 21.8. The van der Waals surface area contributed by atoms with Crippen LogP contribution >= 0.6 is 0 Å². The van der Waals surface area contributed by atoms with Gasteiger partial charge in [-0.05, 0) is 13.5 Å². The van der Waals surface area contributed by atoms with Gasteiger partial charge in [-0.2, -0.15) is 0 Å². The van der Waals surface area contributed by atoms with Gasteiger partial charge >= 0.3 is 0 Å². The minimum absolute atomic E-state index is 0.103. The number of hydrogen-bond acceptors (Lipinski definition) is 3. The number of nitrogens with one attached hydrogen (secondary N) is 2. The first-order chi connectivity index (χ1) is 6.11. The second-order valence-corrected chi connectivity index (χ2v) is 2.80. The maximum absolute atomic E-state index is 11.1. The average molecular weight is 187 g/mol. The summed E-state index contributed by atoms with van der Waals surface area (Å²) in [6, 6.07) is -0.572. The Morgan fingerprint density at radius 2 is 2.08 bits per heavy atom. The van der Waals surface area contributed by atoms with Crippen LogP contribution in [0, 0.1) is 0 Å². The van der Waals surface area contributed by atoms with Crippen LogP contribution in [0.4, 0.5) is 0 Å². The molecule has 4 N–H and O–H groups in total. The fourth-order valence-electron chi connectivity index (χ4n) is 0.867. The molecule has 0 saturated heterocycles. The molecule has 0 rings (SSSR count). The molecule has 5 heteroatoms. The van der Waals surface area contributed by atoms with E-state index in [0.717, 1.165) is 6.42 Å². The van der Waals surface area contributed by atoms with Crippen molar-refractivity contribution in [1.82, 2.24) is 10.6 Å². The van der Waals surface area contributed by atoms with Gasteiger partial charge in [-0.1, -0.05) is 6.92 Å². The lowest BCUT2D eigenvalue weighted by Gasteiger charge is -2.11. The van der Waals surface area contributed by atoms with Gasteiger partial charge in [0, 0.05) is 6.54 Å². The van der Waals surface area contributed by atoms with Crippen LogP contribution in [0.3, 0.4) is 0 Å². The number of hydrogen-bond donors (Lipinski definition) is 3. The van der Waals surface area contributed by atoms with Crippen LogP contribution < -0.4 is 16.4 Å². The molecule has 76 valence electrons. The van der Waals surface area contributed by atoms with Gasteiger partial charge in [0.05, 0.1) is 12.5 Å². The predicted octanol–water partition coefficient (Wildman–Crippen LogP) is -1.02. The van der Waals surface area contributed by atoms with E-state index < -0.39 is 11.9 Å². The van der Waals surface area contributed by atoms with Crippen molar-refractivity contribution in [2.75, 3.05) is 13.6 Å². The normalized spacial score (nSPS) is 12.2. The van der Waals surface area contributed by atoms with Crippen molar-refractivity contribution >= 4 is 11.8 Å². The van der Waals surface area contributed by atoms with Gasteiger partial charge in [0.25, 0.3) is 0 Å². The second kappa shape index (κ2) is 6.42. The second-order valence-electron chi connectivity index (χ2n) is 2.80. The van der Waals surface area contributed by atoms with Gasteiger partial charge in [0.15, 0.2) is 0 Å². The summed E-state index contributed by atoms with van der Waals surface area (Å²) in [5.74, 6) is -0.658. The average Bonchev–Trinajstić information content (AvgIpc) is 2.10. The van der Waals surface area contributed by atoms with Crippen LogP contribution in [0.5, 0.6) is 0 Å². The number of nitrogens with two attached hydrogens (primary N) is 1. The Balaban J connectivity index is 3.80. The Kier molecular flexibility index (Phi) is 5.88. The SMILES string of the molecule is CCCNC(=O)CC(NC)C(N)=O. The first kappa shape index (κ1) is 11.9. The zero-order valence-corrected chi connectivity index (χ0v) is 8.09. The summed E-state index contributed by atoms with van der Waals surface area (Å²) in [5.41, 5.74) is 5.04. The minimum atomic E-state index is -0.572. The van der Waals surface area contributed by atoms with E-state index >= 15 is 0 Å². The van der Waals surface area contributed by atoms with Gasteiger partial charge in [0.2, 0.25) is 11.8 Å². The molecule has 0 bridgehead atoms. The van der Waals surface area contributed by atoms with Crippen molar-refractivity contribution in [2.45, 2.75) is 25.8 Å². The van der Waals surface area contributed by atoms with E-state index in [1.807, 2.05) is 6.92 Å². The third kappa shape index (κ3) is 5.19. The Morgan fingerprint density at radius 1 is 1.46 bits per heavy atom. The summed E-state index contributed by atoms with van der Waals surface area (Å²) in [5, 5.41) is 5.34. The van der Waals surface area contributed by atoms with E-state index in [9.17, 15) is 9.59 Å². The van der Waals surface area contributed by atoms with E-state index in [1.165, 1.54) is 0 Å². The van der Waals surface area contributed by atoms with Crippen LogP contribution in [0.1, 0.15) is 19.8 Å². The number of likely N-dealkylation sites (N-methyl/N-ethyl adjacent to an activating group) is 1. The maximum atomic E-state index is 11.1. The van der Waals surface area contributed by atoms with E-state index in [4.69, 9.17) is 5.73 Å². The number of primary amides is 1. The van der Waals surface area contributed by atoms with Crippen molar-refractivity contribution in [3.8, 4) is 0 Å². The monoisotopic (exact) mass is 187 g/mol. The quantitative estimate of drug-likeness (QED) is 0.497. The van der Waals surface area contributed by atoms with Gasteiger partial charge in [-0.3, -0.25) is 9.59 Å². The summed E-state index contributed by atoms with van der Waals surface area (Å²) in [7, 11) is 1.60. The summed E-state index contributed by atoms with van der Waals surface area (Å²) in [6.07, 6.45) is 0.984. The Labute approximate surface area is 78.1 Å². The van der Waals surface area contributed by atoms with Crippen molar-refractivity contribution < 1.29 is 9.59 Å². The molecule has 0 saturated carbocycles. The molecule has 2 amide bonds. The zero-order chi connectivity index (χ0) is 10.3. The maximum Gasteiger partial charge on any atom is 0.235 e. The van der Waals surface area contributed by atoms with E-state index in [0.29, 0.717) is 6.54 Å². The van der Waals surface area contributed by atoms with Gasteiger partial charge < -0.3 is 16.4 Å². The van der Waals surface area contributed by atoms with E-state index in [-0.39, 0.29) is 12.3 Å². The Morgan fingerprint density at radius 3 is 2.46 bits per heavy atom. The molecule has 0 heterocycles. The standard InChI is InChI=1S/C8H17N3O2/c1-3-4-11-7(12)5-6(10-2)8(9)13/h6,10H,3-5H2,1-2H3,(H2,9,13)(H,11,12). The van der Waals surface area contributed by atoms with Crippen molar-refractivity contribution in [2.24, 2.45) is 5.73 Å². The molecule has 5 nitrogen and oxygen atoms in total. The number of carbonyl (C=O) groups excluding carboxylic acids is 2.